The van der Waals surface area contributed by atoms with Crippen LogP contribution in [0.5, 0.6) is 0 Å². The van der Waals surface area contributed by atoms with Crippen LogP contribution in [0.4, 0.5) is 13.2 Å². The summed E-state index contributed by atoms with van der Waals surface area (Å²) < 4.78 is 38.0. The van der Waals surface area contributed by atoms with E-state index >= 15 is 0 Å². The van der Waals surface area contributed by atoms with E-state index in [2.05, 4.69) is 10.3 Å². The number of nitrogens with zero attached hydrogens (tertiary/aromatic N) is 1. The van der Waals surface area contributed by atoms with E-state index in [1.807, 2.05) is 26.0 Å². The SMILES string of the molecule is CCNC(c1ccc(Cl)c(C)c1)c1cnc(C(F)(F)F)s1. The van der Waals surface area contributed by atoms with Crippen LogP contribution in [0.1, 0.15) is 34.0 Å². The summed E-state index contributed by atoms with van der Waals surface area (Å²) in [5, 5.41) is 2.99. The average molecular weight is 335 g/mol. The van der Waals surface area contributed by atoms with Crippen molar-refractivity contribution < 1.29 is 13.2 Å². The Bertz CT molecular complexity index is 625. The lowest BCUT2D eigenvalue weighted by atomic mass is 10.0. The van der Waals surface area contributed by atoms with Crippen LogP contribution in [0.2, 0.25) is 5.02 Å². The van der Waals surface area contributed by atoms with Gasteiger partial charge in [-0.15, -0.1) is 11.3 Å². The summed E-state index contributed by atoms with van der Waals surface area (Å²) in [7, 11) is 0. The van der Waals surface area contributed by atoms with E-state index in [1.54, 1.807) is 6.07 Å². The Hall–Kier alpha value is -1.11. The summed E-state index contributed by atoms with van der Waals surface area (Å²) >= 11 is 6.65. The molecular formula is C14H14ClF3N2S. The van der Waals surface area contributed by atoms with E-state index in [9.17, 15) is 13.2 Å². The molecule has 0 aliphatic carbocycles. The molecule has 1 atom stereocenters. The predicted octanol–water partition coefficient (Wildman–Crippen LogP) is 4.82. The molecule has 0 spiro atoms. The second kappa shape index (κ2) is 6.34. The number of aromatic nitrogens is 1. The fourth-order valence-electron chi connectivity index (χ4n) is 1.99. The number of thiazole rings is 1. The average Bonchev–Trinajstić information content (AvgIpc) is 2.89. The number of halogens is 4. The first kappa shape index (κ1) is 16.3. The van der Waals surface area contributed by atoms with Gasteiger partial charge in [0.05, 0.1) is 6.04 Å². The quantitative estimate of drug-likeness (QED) is 0.866. The number of benzene rings is 1. The molecule has 0 aliphatic heterocycles. The van der Waals surface area contributed by atoms with Gasteiger partial charge in [-0.1, -0.05) is 30.7 Å². The first-order valence-corrected chi connectivity index (χ1v) is 7.54. The molecule has 0 aliphatic rings. The molecule has 0 radical (unpaired) electrons. The molecular weight excluding hydrogens is 321 g/mol. The van der Waals surface area contributed by atoms with Crippen molar-refractivity contribution >= 4 is 22.9 Å². The molecule has 2 nitrogen and oxygen atoms in total. The van der Waals surface area contributed by atoms with Crippen molar-refractivity contribution in [2.75, 3.05) is 6.54 Å². The van der Waals surface area contributed by atoms with E-state index in [-0.39, 0.29) is 6.04 Å². The smallest absolute Gasteiger partial charge is 0.306 e. The largest absolute Gasteiger partial charge is 0.443 e. The molecule has 2 rings (SSSR count). The zero-order chi connectivity index (χ0) is 15.6. The van der Waals surface area contributed by atoms with Gasteiger partial charge in [-0.2, -0.15) is 13.2 Å². The summed E-state index contributed by atoms with van der Waals surface area (Å²) in [6.07, 6.45) is -3.12. The second-order valence-corrected chi connectivity index (χ2v) is 6.03. The minimum absolute atomic E-state index is 0.320. The molecule has 1 unspecified atom stereocenters. The summed E-state index contributed by atoms with van der Waals surface area (Å²) in [6, 6.07) is 5.13. The summed E-state index contributed by atoms with van der Waals surface area (Å²) in [5.74, 6) is 0. The summed E-state index contributed by atoms with van der Waals surface area (Å²) in [5.41, 5.74) is 1.76. The zero-order valence-corrected chi connectivity index (χ0v) is 13.0. The van der Waals surface area contributed by atoms with E-state index in [0.717, 1.165) is 11.1 Å². The molecule has 2 aromatic rings. The van der Waals surface area contributed by atoms with Gasteiger partial charge in [0.2, 0.25) is 0 Å². The molecule has 1 aromatic heterocycles. The third-order valence-corrected chi connectivity index (χ3v) is 4.51. The van der Waals surface area contributed by atoms with Crippen LogP contribution in [0.25, 0.3) is 0 Å². The Kier molecular flexibility index (Phi) is 4.91. The highest BCUT2D eigenvalue weighted by Crippen LogP contribution is 2.36. The first-order valence-electron chi connectivity index (χ1n) is 6.35. The second-order valence-electron chi connectivity index (χ2n) is 4.56. The zero-order valence-electron chi connectivity index (χ0n) is 11.5. The maximum Gasteiger partial charge on any atom is 0.443 e. The molecule has 0 saturated carbocycles. The molecule has 114 valence electrons. The molecule has 0 fully saturated rings. The minimum atomic E-state index is -4.41. The van der Waals surface area contributed by atoms with Crippen molar-refractivity contribution in [1.82, 2.24) is 10.3 Å². The van der Waals surface area contributed by atoms with Gasteiger partial charge < -0.3 is 5.32 Å². The predicted molar refractivity (Wildman–Crippen MR) is 78.8 cm³/mol. The fraction of sp³-hybridized carbons (Fsp3) is 0.357. The first-order chi connectivity index (χ1) is 9.82. The number of nitrogens with one attached hydrogen (secondary N) is 1. The fourth-order valence-corrected chi connectivity index (χ4v) is 2.99. The van der Waals surface area contributed by atoms with Crippen molar-refractivity contribution in [3.05, 3.63) is 50.4 Å². The molecule has 1 aromatic carbocycles. The van der Waals surface area contributed by atoms with Gasteiger partial charge in [-0.25, -0.2) is 4.98 Å². The third-order valence-electron chi connectivity index (χ3n) is 2.97. The van der Waals surface area contributed by atoms with Crippen LogP contribution in [0.15, 0.2) is 24.4 Å². The normalized spacial score (nSPS) is 13.4. The lowest BCUT2D eigenvalue weighted by molar-refractivity contribution is -0.137. The third kappa shape index (κ3) is 3.75. The van der Waals surface area contributed by atoms with Crippen LogP contribution in [0, 0.1) is 6.92 Å². The van der Waals surface area contributed by atoms with Crippen LogP contribution >= 0.6 is 22.9 Å². The highest BCUT2D eigenvalue weighted by Gasteiger charge is 2.35. The van der Waals surface area contributed by atoms with Gasteiger partial charge in [0.25, 0.3) is 0 Å². The lowest BCUT2D eigenvalue weighted by Crippen LogP contribution is -2.21. The molecule has 7 heteroatoms. The van der Waals surface area contributed by atoms with Crippen molar-refractivity contribution in [3.8, 4) is 0 Å². The van der Waals surface area contributed by atoms with Crippen LogP contribution in [-0.2, 0) is 6.18 Å². The van der Waals surface area contributed by atoms with Gasteiger partial charge >= 0.3 is 6.18 Å². The Labute approximate surface area is 130 Å². The van der Waals surface area contributed by atoms with Crippen molar-refractivity contribution in [3.63, 3.8) is 0 Å². The summed E-state index contributed by atoms with van der Waals surface area (Å²) in [4.78, 5) is 4.02. The molecule has 21 heavy (non-hydrogen) atoms. The standard InChI is InChI=1S/C14H14ClF3N2S/c1-3-19-12(9-4-5-10(15)8(2)6-9)11-7-20-13(21-11)14(16,17)18/h4-7,12,19H,3H2,1-2H3. The number of hydrogen-bond donors (Lipinski definition) is 1. The highest BCUT2D eigenvalue weighted by atomic mass is 35.5. The Balaban J connectivity index is 2.38. The Morgan fingerprint density at radius 1 is 1.38 bits per heavy atom. The van der Waals surface area contributed by atoms with Crippen molar-refractivity contribution in [2.24, 2.45) is 0 Å². The van der Waals surface area contributed by atoms with Crippen LogP contribution < -0.4 is 5.32 Å². The molecule has 1 N–H and O–H groups in total. The Morgan fingerprint density at radius 2 is 2.10 bits per heavy atom. The number of aryl methyl sites for hydroxylation is 1. The molecule has 0 bridgehead atoms. The Morgan fingerprint density at radius 3 is 2.62 bits per heavy atom. The summed E-state index contributed by atoms with van der Waals surface area (Å²) in [6.45, 7) is 4.40. The van der Waals surface area contributed by atoms with Gasteiger partial charge in [0, 0.05) is 16.1 Å². The number of alkyl halides is 3. The molecule has 0 saturated heterocycles. The topological polar surface area (TPSA) is 24.9 Å². The monoisotopic (exact) mass is 334 g/mol. The minimum Gasteiger partial charge on any atom is -0.306 e. The van der Waals surface area contributed by atoms with E-state index in [1.165, 1.54) is 6.20 Å². The van der Waals surface area contributed by atoms with Gasteiger partial charge in [-0.05, 0) is 30.7 Å². The van der Waals surface area contributed by atoms with Gasteiger partial charge in [-0.3, -0.25) is 0 Å². The molecule has 1 heterocycles. The van der Waals surface area contributed by atoms with E-state index < -0.39 is 11.2 Å². The van der Waals surface area contributed by atoms with E-state index in [0.29, 0.717) is 27.8 Å². The number of rotatable bonds is 4. The van der Waals surface area contributed by atoms with Crippen molar-refractivity contribution in [2.45, 2.75) is 26.1 Å². The van der Waals surface area contributed by atoms with Gasteiger partial charge in [0.15, 0.2) is 5.01 Å². The van der Waals surface area contributed by atoms with E-state index in [4.69, 9.17) is 11.6 Å². The number of hydrogen-bond acceptors (Lipinski definition) is 3. The maximum absolute atomic E-state index is 12.7. The maximum atomic E-state index is 12.7. The van der Waals surface area contributed by atoms with Crippen LogP contribution in [-0.4, -0.2) is 11.5 Å². The van der Waals surface area contributed by atoms with Crippen LogP contribution in [0.3, 0.4) is 0 Å². The highest BCUT2D eigenvalue weighted by molar-refractivity contribution is 7.11. The molecule has 0 amide bonds. The van der Waals surface area contributed by atoms with Crippen molar-refractivity contribution in [1.29, 1.82) is 0 Å². The van der Waals surface area contributed by atoms with Gasteiger partial charge in [0.1, 0.15) is 0 Å². The lowest BCUT2D eigenvalue weighted by Gasteiger charge is -2.17.